The number of thioether (sulfide) groups is 1. The second kappa shape index (κ2) is 9.83. The molecule has 1 atom stereocenters. The molecule has 3 rings (SSSR count). The minimum atomic E-state index is -0.502. The Morgan fingerprint density at radius 2 is 1.55 bits per heavy atom. The number of hydrogen-bond donors (Lipinski definition) is 2. The molecule has 3 aromatic rings. The third kappa shape index (κ3) is 5.76. The molecular formula is C22H18Cl2N2O2S. The summed E-state index contributed by atoms with van der Waals surface area (Å²) in [7, 11) is 0. The fourth-order valence-electron chi connectivity index (χ4n) is 2.66. The predicted molar refractivity (Wildman–Crippen MR) is 121 cm³/mol. The Bertz CT molecular complexity index is 1010. The summed E-state index contributed by atoms with van der Waals surface area (Å²) in [5.74, 6) is -0.346. The lowest BCUT2D eigenvalue weighted by Gasteiger charge is -2.18. The number of halogens is 2. The van der Waals surface area contributed by atoms with Crippen LogP contribution in [-0.2, 0) is 9.59 Å². The zero-order valence-electron chi connectivity index (χ0n) is 15.5. The summed E-state index contributed by atoms with van der Waals surface area (Å²) in [6, 6.07) is 21.9. The molecule has 3 aromatic carbocycles. The van der Waals surface area contributed by atoms with Gasteiger partial charge in [0.15, 0.2) is 0 Å². The third-order valence-electron chi connectivity index (χ3n) is 3.98. The van der Waals surface area contributed by atoms with Crippen LogP contribution in [0.4, 0.5) is 11.4 Å². The lowest BCUT2D eigenvalue weighted by molar-refractivity contribution is -0.116. The highest BCUT2D eigenvalue weighted by Crippen LogP contribution is 2.38. The molecule has 29 heavy (non-hydrogen) atoms. The Kier molecular flexibility index (Phi) is 7.20. The van der Waals surface area contributed by atoms with Crippen LogP contribution < -0.4 is 10.6 Å². The van der Waals surface area contributed by atoms with Gasteiger partial charge in [0.25, 0.3) is 0 Å². The summed E-state index contributed by atoms with van der Waals surface area (Å²) in [6.07, 6.45) is 0. The molecule has 0 bridgehead atoms. The highest BCUT2D eigenvalue weighted by Gasteiger charge is 2.23. The average Bonchev–Trinajstić information content (AvgIpc) is 2.71. The van der Waals surface area contributed by atoms with Gasteiger partial charge in [-0.3, -0.25) is 9.59 Å². The van der Waals surface area contributed by atoms with Crippen molar-refractivity contribution < 1.29 is 9.59 Å². The minimum absolute atomic E-state index is 0.134. The standard InChI is InChI=1S/C22H18Cl2N2O2S/c1-14(27)25-16-10-12-17(13-11-16)29-21(15-6-3-2-4-7-15)22(28)26-19-9-5-8-18(23)20(19)24/h2-13,21H,1H3,(H,25,27)(H,26,28). The highest BCUT2D eigenvalue weighted by atomic mass is 35.5. The van der Waals surface area contributed by atoms with Crippen LogP contribution in [0, 0.1) is 0 Å². The predicted octanol–water partition coefficient (Wildman–Crippen LogP) is 6.42. The van der Waals surface area contributed by atoms with Gasteiger partial charge in [-0.15, -0.1) is 11.8 Å². The van der Waals surface area contributed by atoms with Gasteiger partial charge in [-0.2, -0.15) is 0 Å². The number of benzene rings is 3. The number of anilines is 2. The molecule has 0 aliphatic heterocycles. The SMILES string of the molecule is CC(=O)Nc1ccc(SC(C(=O)Nc2cccc(Cl)c2Cl)c2ccccc2)cc1. The zero-order valence-corrected chi connectivity index (χ0v) is 17.8. The largest absolute Gasteiger partial charge is 0.326 e. The van der Waals surface area contributed by atoms with Gasteiger partial charge in [0, 0.05) is 17.5 Å². The lowest BCUT2D eigenvalue weighted by Crippen LogP contribution is -2.19. The fraction of sp³-hybridized carbons (Fsp3) is 0.0909. The molecule has 0 saturated heterocycles. The first-order valence-electron chi connectivity index (χ1n) is 8.78. The third-order valence-corrected chi connectivity index (χ3v) is 6.06. The molecule has 0 heterocycles. The van der Waals surface area contributed by atoms with E-state index in [0.29, 0.717) is 21.4 Å². The topological polar surface area (TPSA) is 58.2 Å². The summed E-state index contributed by atoms with van der Waals surface area (Å²) in [4.78, 5) is 25.2. The second-order valence-electron chi connectivity index (χ2n) is 6.20. The van der Waals surface area contributed by atoms with E-state index in [4.69, 9.17) is 23.2 Å². The van der Waals surface area contributed by atoms with E-state index in [1.165, 1.54) is 18.7 Å². The zero-order chi connectivity index (χ0) is 20.8. The Balaban J connectivity index is 1.84. The first-order valence-corrected chi connectivity index (χ1v) is 10.4. The monoisotopic (exact) mass is 444 g/mol. The van der Waals surface area contributed by atoms with Crippen LogP contribution in [0.5, 0.6) is 0 Å². The fourth-order valence-corrected chi connectivity index (χ4v) is 4.03. The molecule has 0 fully saturated rings. The number of hydrogen-bond acceptors (Lipinski definition) is 3. The molecule has 0 aliphatic rings. The molecule has 0 spiro atoms. The maximum Gasteiger partial charge on any atom is 0.242 e. The minimum Gasteiger partial charge on any atom is -0.326 e. The summed E-state index contributed by atoms with van der Waals surface area (Å²) < 4.78 is 0. The number of carbonyl (C=O) groups is 2. The van der Waals surface area contributed by atoms with Crippen molar-refractivity contribution in [3.63, 3.8) is 0 Å². The molecular weight excluding hydrogens is 427 g/mol. The smallest absolute Gasteiger partial charge is 0.242 e. The lowest BCUT2D eigenvalue weighted by atomic mass is 10.1. The highest BCUT2D eigenvalue weighted by molar-refractivity contribution is 8.00. The van der Waals surface area contributed by atoms with E-state index < -0.39 is 5.25 Å². The quantitative estimate of drug-likeness (QED) is 0.430. The van der Waals surface area contributed by atoms with Crippen LogP contribution in [0.1, 0.15) is 17.7 Å². The van der Waals surface area contributed by atoms with Gasteiger partial charge < -0.3 is 10.6 Å². The van der Waals surface area contributed by atoms with E-state index >= 15 is 0 Å². The Morgan fingerprint density at radius 1 is 0.862 bits per heavy atom. The Hall–Kier alpha value is -2.47. The van der Waals surface area contributed by atoms with E-state index in [9.17, 15) is 9.59 Å². The number of amides is 2. The maximum atomic E-state index is 13.1. The van der Waals surface area contributed by atoms with Crippen molar-refractivity contribution in [2.24, 2.45) is 0 Å². The van der Waals surface area contributed by atoms with Crippen molar-refractivity contribution in [3.8, 4) is 0 Å². The number of carbonyl (C=O) groups excluding carboxylic acids is 2. The van der Waals surface area contributed by atoms with Crippen molar-refractivity contribution >= 4 is 58.2 Å². The maximum absolute atomic E-state index is 13.1. The van der Waals surface area contributed by atoms with Gasteiger partial charge in [0.1, 0.15) is 5.25 Å². The van der Waals surface area contributed by atoms with Crippen LogP contribution in [0.2, 0.25) is 10.0 Å². The normalized spacial score (nSPS) is 11.6. The Morgan fingerprint density at radius 3 is 2.21 bits per heavy atom. The van der Waals surface area contributed by atoms with Gasteiger partial charge in [0.2, 0.25) is 11.8 Å². The van der Waals surface area contributed by atoms with Gasteiger partial charge in [-0.1, -0.05) is 59.6 Å². The molecule has 0 saturated carbocycles. The molecule has 1 unspecified atom stereocenters. The second-order valence-corrected chi connectivity index (χ2v) is 8.17. The van der Waals surface area contributed by atoms with Crippen LogP contribution in [0.25, 0.3) is 0 Å². The van der Waals surface area contributed by atoms with Gasteiger partial charge in [-0.25, -0.2) is 0 Å². The average molecular weight is 445 g/mol. The summed E-state index contributed by atoms with van der Waals surface area (Å²) >= 11 is 13.7. The van der Waals surface area contributed by atoms with E-state index in [1.807, 2.05) is 42.5 Å². The van der Waals surface area contributed by atoms with Crippen molar-refractivity contribution in [1.82, 2.24) is 0 Å². The number of rotatable bonds is 6. The van der Waals surface area contributed by atoms with E-state index in [0.717, 1.165) is 10.5 Å². The molecule has 7 heteroatoms. The van der Waals surface area contributed by atoms with Crippen LogP contribution >= 0.6 is 35.0 Å². The molecule has 0 radical (unpaired) electrons. The first-order chi connectivity index (χ1) is 13.9. The Labute approximate surface area is 183 Å². The molecule has 4 nitrogen and oxygen atoms in total. The van der Waals surface area contributed by atoms with Crippen molar-refractivity contribution in [3.05, 3.63) is 88.4 Å². The molecule has 2 amide bonds. The van der Waals surface area contributed by atoms with Gasteiger partial charge in [0.05, 0.1) is 15.7 Å². The van der Waals surface area contributed by atoms with Crippen LogP contribution in [0.15, 0.2) is 77.7 Å². The van der Waals surface area contributed by atoms with E-state index in [-0.39, 0.29) is 11.8 Å². The molecule has 2 N–H and O–H groups in total. The van der Waals surface area contributed by atoms with Gasteiger partial charge in [-0.05, 0) is 42.0 Å². The molecule has 148 valence electrons. The summed E-state index contributed by atoms with van der Waals surface area (Å²) in [5.41, 5.74) is 2.03. The summed E-state index contributed by atoms with van der Waals surface area (Å²) in [5, 5.41) is 5.78. The molecule has 0 aromatic heterocycles. The van der Waals surface area contributed by atoms with E-state index in [1.54, 1.807) is 30.3 Å². The number of nitrogens with one attached hydrogen (secondary N) is 2. The molecule has 0 aliphatic carbocycles. The van der Waals surface area contributed by atoms with Crippen molar-refractivity contribution in [2.75, 3.05) is 10.6 Å². The van der Waals surface area contributed by atoms with Crippen LogP contribution in [0.3, 0.4) is 0 Å². The first kappa shape index (κ1) is 21.2. The van der Waals surface area contributed by atoms with Gasteiger partial charge >= 0.3 is 0 Å². The van der Waals surface area contributed by atoms with Crippen molar-refractivity contribution in [1.29, 1.82) is 0 Å². The summed E-state index contributed by atoms with van der Waals surface area (Å²) in [6.45, 7) is 1.46. The van der Waals surface area contributed by atoms with Crippen LogP contribution in [-0.4, -0.2) is 11.8 Å². The van der Waals surface area contributed by atoms with Crippen molar-refractivity contribution in [2.45, 2.75) is 17.1 Å². The van der Waals surface area contributed by atoms with E-state index in [2.05, 4.69) is 10.6 Å².